The topological polar surface area (TPSA) is 17.3 Å². The molecule has 2 heterocycles. The van der Waals surface area contributed by atoms with E-state index in [1.807, 2.05) is 12.2 Å². The monoisotopic (exact) mass is 572 g/mol. The normalized spacial score (nSPS) is 11.7. The van der Waals surface area contributed by atoms with Gasteiger partial charge in [0.2, 0.25) is 0 Å². The van der Waals surface area contributed by atoms with Crippen molar-refractivity contribution in [2.75, 3.05) is 0 Å². The average Bonchev–Trinajstić information content (AvgIpc) is 3.48. The Labute approximate surface area is 260 Å². The molecule has 2 nitrogen and oxygen atoms in total. The third-order valence-electron chi connectivity index (χ3n) is 9.27. The van der Waals surface area contributed by atoms with Gasteiger partial charge in [-0.1, -0.05) is 128 Å². The van der Waals surface area contributed by atoms with Crippen LogP contribution in [-0.2, 0) is 0 Å². The standard InChI is InChI=1S/C43H28N2/c1-3-31-32-18-10-13-21-35(32)43-44-38-26-30(22-23-40(38)45(43)39(31)4-2)42-34-20-12-11-19-33(34)41(27-14-6-5-7-15-27)36-24-28-16-8-9-17-29(28)25-37(36)42/h3-26H,1-2H2. The molecule has 45 heavy (non-hydrogen) atoms. The van der Waals surface area contributed by atoms with Crippen LogP contribution >= 0.6 is 0 Å². The van der Waals surface area contributed by atoms with E-state index in [1.54, 1.807) is 0 Å². The zero-order valence-corrected chi connectivity index (χ0v) is 24.7. The SMILES string of the molecule is C=Cc1c(C=C)n2c3ccc(-c4c5ccccc5c(-c5ccccc5)c5cc6ccccc6cc45)cc3nc2c2ccccc12. The van der Waals surface area contributed by atoms with Crippen LogP contribution in [0.2, 0.25) is 0 Å². The van der Waals surface area contributed by atoms with E-state index in [0.29, 0.717) is 0 Å². The lowest BCUT2D eigenvalue weighted by molar-refractivity contribution is 1.21. The fourth-order valence-corrected chi connectivity index (χ4v) is 7.34. The molecule has 0 bridgehead atoms. The molecule has 0 amide bonds. The molecule has 9 aromatic rings. The Bertz CT molecular complexity index is 2680. The Balaban J connectivity index is 1.43. The molecule has 7 aromatic carbocycles. The molecular weight excluding hydrogens is 544 g/mol. The van der Waals surface area contributed by atoms with Gasteiger partial charge >= 0.3 is 0 Å². The predicted molar refractivity (Wildman–Crippen MR) is 194 cm³/mol. The second-order valence-electron chi connectivity index (χ2n) is 11.6. The van der Waals surface area contributed by atoms with Crippen LogP contribution in [0, 0.1) is 0 Å². The van der Waals surface area contributed by atoms with Crippen molar-refractivity contribution >= 4 is 71.9 Å². The van der Waals surface area contributed by atoms with Gasteiger partial charge in [0, 0.05) is 10.9 Å². The first-order valence-corrected chi connectivity index (χ1v) is 15.3. The quantitative estimate of drug-likeness (QED) is 0.192. The van der Waals surface area contributed by atoms with Gasteiger partial charge in [0.25, 0.3) is 0 Å². The van der Waals surface area contributed by atoms with E-state index >= 15 is 0 Å². The molecule has 9 rings (SSSR count). The smallest absolute Gasteiger partial charge is 0.146 e. The number of hydrogen-bond acceptors (Lipinski definition) is 1. The lowest BCUT2D eigenvalue weighted by Crippen LogP contribution is -1.97. The summed E-state index contributed by atoms with van der Waals surface area (Å²) in [6.45, 7) is 8.32. The molecule has 0 spiro atoms. The van der Waals surface area contributed by atoms with Gasteiger partial charge in [0.05, 0.1) is 16.7 Å². The Morgan fingerprint density at radius 2 is 1.07 bits per heavy atom. The van der Waals surface area contributed by atoms with Crippen molar-refractivity contribution in [3.05, 3.63) is 158 Å². The van der Waals surface area contributed by atoms with Crippen molar-refractivity contribution in [2.45, 2.75) is 0 Å². The molecule has 0 unspecified atom stereocenters. The first kappa shape index (κ1) is 25.5. The van der Waals surface area contributed by atoms with Crippen molar-refractivity contribution < 1.29 is 0 Å². The van der Waals surface area contributed by atoms with Crippen LogP contribution in [0.4, 0.5) is 0 Å². The molecule has 0 radical (unpaired) electrons. The first-order valence-electron chi connectivity index (χ1n) is 15.3. The van der Waals surface area contributed by atoms with Gasteiger partial charge in [-0.2, -0.15) is 0 Å². The van der Waals surface area contributed by atoms with E-state index in [-0.39, 0.29) is 0 Å². The third-order valence-corrected chi connectivity index (χ3v) is 9.27. The maximum Gasteiger partial charge on any atom is 0.146 e. The summed E-state index contributed by atoms with van der Waals surface area (Å²) >= 11 is 0. The summed E-state index contributed by atoms with van der Waals surface area (Å²) in [5.41, 5.74) is 9.87. The number of aromatic nitrogens is 2. The number of imidazole rings is 1. The van der Waals surface area contributed by atoms with Gasteiger partial charge in [-0.25, -0.2) is 4.98 Å². The van der Waals surface area contributed by atoms with Gasteiger partial charge in [0.1, 0.15) is 5.65 Å². The van der Waals surface area contributed by atoms with E-state index in [0.717, 1.165) is 44.3 Å². The van der Waals surface area contributed by atoms with Gasteiger partial charge < -0.3 is 0 Å². The molecule has 0 saturated heterocycles. The lowest BCUT2D eigenvalue weighted by Gasteiger charge is -2.18. The van der Waals surface area contributed by atoms with E-state index in [4.69, 9.17) is 4.98 Å². The highest BCUT2D eigenvalue weighted by Crippen LogP contribution is 2.45. The maximum absolute atomic E-state index is 5.27. The Kier molecular flexibility index (Phi) is 5.54. The van der Waals surface area contributed by atoms with Gasteiger partial charge in [-0.05, 0) is 90.3 Å². The van der Waals surface area contributed by atoms with Gasteiger partial charge in [-0.15, -0.1) is 0 Å². The molecule has 0 fully saturated rings. The summed E-state index contributed by atoms with van der Waals surface area (Å²) in [7, 11) is 0. The molecule has 2 heteroatoms. The molecule has 0 aliphatic rings. The molecule has 0 aliphatic heterocycles. The molecule has 0 aliphatic carbocycles. The minimum Gasteiger partial charge on any atom is -0.292 e. The largest absolute Gasteiger partial charge is 0.292 e. The number of pyridine rings is 1. The summed E-state index contributed by atoms with van der Waals surface area (Å²) < 4.78 is 2.23. The van der Waals surface area contributed by atoms with Crippen LogP contribution in [0.3, 0.4) is 0 Å². The first-order chi connectivity index (χ1) is 22.2. The molecule has 0 atom stereocenters. The Hall–Kier alpha value is -5.99. The zero-order chi connectivity index (χ0) is 30.1. The highest BCUT2D eigenvalue weighted by molar-refractivity contribution is 6.24. The average molecular weight is 573 g/mol. The number of hydrogen-bond donors (Lipinski definition) is 0. The van der Waals surface area contributed by atoms with Gasteiger partial charge in [0.15, 0.2) is 0 Å². The summed E-state index contributed by atoms with van der Waals surface area (Å²) in [6.07, 6.45) is 3.84. The van der Waals surface area contributed by atoms with Crippen molar-refractivity contribution in [1.29, 1.82) is 0 Å². The molecule has 0 saturated carbocycles. The molecule has 0 N–H and O–H groups in total. The number of nitrogens with zero attached hydrogens (tertiary/aromatic N) is 2. The van der Waals surface area contributed by atoms with Gasteiger partial charge in [-0.3, -0.25) is 4.40 Å². The second kappa shape index (κ2) is 9.77. The third kappa shape index (κ3) is 3.66. The summed E-state index contributed by atoms with van der Waals surface area (Å²) in [4.78, 5) is 5.27. The fourth-order valence-electron chi connectivity index (χ4n) is 7.34. The van der Waals surface area contributed by atoms with E-state index in [9.17, 15) is 0 Å². The Morgan fingerprint density at radius 3 is 1.71 bits per heavy atom. The fraction of sp³-hybridized carbons (Fsp3) is 0. The summed E-state index contributed by atoms with van der Waals surface area (Å²) in [5, 5.41) is 9.66. The van der Waals surface area contributed by atoms with Crippen LogP contribution < -0.4 is 0 Å². The zero-order valence-electron chi connectivity index (χ0n) is 24.7. The number of rotatable bonds is 4. The number of fused-ring (bicyclic) bond motifs is 8. The minimum atomic E-state index is 0.929. The predicted octanol–water partition coefficient (Wildman–Crippen LogP) is 11.7. The van der Waals surface area contributed by atoms with E-state index < -0.39 is 0 Å². The highest BCUT2D eigenvalue weighted by atomic mass is 15.0. The van der Waals surface area contributed by atoms with E-state index in [2.05, 4.69) is 151 Å². The van der Waals surface area contributed by atoms with E-state index in [1.165, 1.54) is 49.0 Å². The lowest BCUT2D eigenvalue weighted by atomic mass is 9.85. The minimum absolute atomic E-state index is 0.929. The van der Waals surface area contributed by atoms with Crippen molar-refractivity contribution in [2.24, 2.45) is 0 Å². The van der Waals surface area contributed by atoms with Crippen molar-refractivity contribution in [3.63, 3.8) is 0 Å². The van der Waals surface area contributed by atoms with Crippen LogP contribution in [0.1, 0.15) is 11.3 Å². The number of benzene rings is 7. The summed E-state index contributed by atoms with van der Waals surface area (Å²) in [6, 6.07) is 48.1. The molecular formula is C43H28N2. The molecule has 2 aromatic heterocycles. The van der Waals surface area contributed by atoms with Crippen LogP contribution in [0.5, 0.6) is 0 Å². The van der Waals surface area contributed by atoms with Crippen LogP contribution in [0.15, 0.2) is 147 Å². The Morgan fingerprint density at radius 1 is 0.489 bits per heavy atom. The van der Waals surface area contributed by atoms with Crippen molar-refractivity contribution in [1.82, 2.24) is 9.38 Å². The molecule has 210 valence electrons. The van der Waals surface area contributed by atoms with Crippen LogP contribution in [-0.4, -0.2) is 9.38 Å². The van der Waals surface area contributed by atoms with Crippen LogP contribution in [0.25, 0.3) is 94.2 Å². The second-order valence-corrected chi connectivity index (χ2v) is 11.6. The van der Waals surface area contributed by atoms with Crippen molar-refractivity contribution in [3.8, 4) is 22.3 Å². The summed E-state index contributed by atoms with van der Waals surface area (Å²) in [5.74, 6) is 0. The maximum atomic E-state index is 5.27. The highest BCUT2D eigenvalue weighted by Gasteiger charge is 2.20.